The number of rotatable bonds is 6. The van der Waals surface area contributed by atoms with Gasteiger partial charge < -0.3 is 25.3 Å². The number of benzene rings is 1. The van der Waals surface area contributed by atoms with Crippen molar-refractivity contribution in [3.05, 3.63) is 30.0 Å². The summed E-state index contributed by atoms with van der Waals surface area (Å²) >= 11 is 0. The Labute approximate surface area is 229 Å². The number of aromatic amines is 1. The smallest absolute Gasteiger partial charge is 0.271 e. The first-order valence-corrected chi connectivity index (χ1v) is 14.1. The zero-order valence-electron chi connectivity index (χ0n) is 23.1. The number of hydrogen-bond acceptors (Lipinski definition) is 5. The van der Waals surface area contributed by atoms with Crippen LogP contribution in [0.4, 0.5) is 0 Å². The fourth-order valence-electron chi connectivity index (χ4n) is 6.83. The number of fused-ring (bicyclic) bond motifs is 1. The van der Waals surface area contributed by atoms with Crippen LogP contribution in [0.2, 0.25) is 0 Å². The van der Waals surface area contributed by atoms with Crippen LogP contribution in [0, 0.1) is 22.7 Å². The molecule has 3 fully saturated rings. The summed E-state index contributed by atoms with van der Waals surface area (Å²) in [7, 11) is 1.60. The van der Waals surface area contributed by atoms with Crippen molar-refractivity contribution >= 4 is 28.6 Å². The summed E-state index contributed by atoms with van der Waals surface area (Å²) in [6.07, 6.45) is 7.67. The Morgan fingerprint density at radius 2 is 2.00 bits per heavy atom. The van der Waals surface area contributed by atoms with Crippen molar-refractivity contribution in [2.45, 2.75) is 89.3 Å². The second-order valence-electron chi connectivity index (χ2n) is 12.4. The Hall–Kier alpha value is -3.54. The molecule has 3 N–H and O–H groups in total. The Balaban J connectivity index is 1.35. The van der Waals surface area contributed by atoms with Gasteiger partial charge in [-0.3, -0.25) is 14.4 Å². The number of aromatic nitrogens is 1. The summed E-state index contributed by atoms with van der Waals surface area (Å²) < 4.78 is 5.46. The van der Waals surface area contributed by atoms with Crippen LogP contribution < -0.4 is 15.4 Å². The molecular weight excluding hydrogens is 494 g/mol. The summed E-state index contributed by atoms with van der Waals surface area (Å²) in [5.74, 6) is -0.265. The van der Waals surface area contributed by atoms with Crippen molar-refractivity contribution < 1.29 is 19.1 Å². The molecule has 1 saturated carbocycles. The van der Waals surface area contributed by atoms with E-state index < -0.39 is 12.1 Å². The summed E-state index contributed by atoms with van der Waals surface area (Å²) in [4.78, 5) is 45.1. The Morgan fingerprint density at radius 1 is 1.23 bits per heavy atom. The van der Waals surface area contributed by atoms with Gasteiger partial charge in [0.2, 0.25) is 11.8 Å². The third kappa shape index (κ3) is 5.47. The van der Waals surface area contributed by atoms with Crippen LogP contribution in [-0.2, 0) is 9.59 Å². The maximum Gasteiger partial charge on any atom is 0.271 e. The number of piperidine rings is 1. The van der Waals surface area contributed by atoms with Gasteiger partial charge in [0.1, 0.15) is 23.5 Å². The predicted octanol–water partition coefficient (Wildman–Crippen LogP) is 4.04. The molecule has 2 aromatic rings. The molecule has 1 aliphatic carbocycles. The fraction of sp³-hybridized carbons (Fsp3) is 0.600. The van der Waals surface area contributed by atoms with E-state index in [4.69, 9.17) is 4.74 Å². The van der Waals surface area contributed by atoms with Crippen LogP contribution in [0.15, 0.2) is 24.3 Å². The molecule has 3 heterocycles. The van der Waals surface area contributed by atoms with Gasteiger partial charge in [-0.2, -0.15) is 5.26 Å². The van der Waals surface area contributed by atoms with Crippen molar-refractivity contribution in [1.82, 2.24) is 20.5 Å². The molecule has 2 saturated heterocycles. The largest absolute Gasteiger partial charge is 0.496 e. The number of ether oxygens (including phenoxy) is 1. The molecule has 2 aliphatic heterocycles. The van der Waals surface area contributed by atoms with Gasteiger partial charge in [0.05, 0.1) is 13.2 Å². The number of carbonyl (C=O) groups excluding carboxylic acids is 3. The molecule has 208 valence electrons. The lowest BCUT2D eigenvalue weighted by molar-refractivity contribution is -0.130. The molecule has 1 unspecified atom stereocenters. The first-order valence-electron chi connectivity index (χ1n) is 14.1. The van der Waals surface area contributed by atoms with Crippen LogP contribution in [0.1, 0.15) is 82.1 Å². The van der Waals surface area contributed by atoms with E-state index in [9.17, 15) is 19.6 Å². The van der Waals surface area contributed by atoms with E-state index in [0.29, 0.717) is 30.8 Å². The number of hydrogen-bond donors (Lipinski definition) is 3. The number of amides is 3. The molecule has 0 radical (unpaired) electrons. The lowest BCUT2D eigenvalue weighted by atomic mass is 9.72. The quantitative estimate of drug-likeness (QED) is 0.516. The molecule has 5 rings (SSSR count). The number of H-pyrrole nitrogens is 1. The third-order valence-corrected chi connectivity index (χ3v) is 9.00. The van der Waals surface area contributed by atoms with E-state index in [1.807, 2.05) is 32.0 Å². The number of carbonyl (C=O) groups is 3. The van der Waals surface area contributed by atoms with Crippen LogP contribution in [0.5, 0.6) is 5.75 Å². The van der Waals surface area contributed by atoms with E-state index in [1.165, 1.54) is 6.42 Å². The van der Waals surface area contributed by atoms with Crippen LogP contribution in [-0.4, -0.2) is 58.9 Å². The summed E-state index contributed by atoms with van der Waals surface area (Å²) in [6, 6.07) is 8.12. The molecule has 1 aromatic heterocycles. The lowest BCUT2D eigenvalue weighted by Gasteiger charge is -2.35. The molecule has 1 spiro atoms. The first kappa shape index (κ1) is 27.0. The lowest BCUT2D eigenvalue weighted by Crippen LogP contribution is -2.53. The second-order valence-corrected chi connectivity index (χ2v) is 12.4. The van der Waals surface area contributed by atoms with Gasteiger partial charge in [-0.1, -0.05) is 25.3 Å². The highest BCUT2D eigenvalue weighted by Gasteiger charge is 2.49. The highest BCUT2D eigenvalue weighted by atomic mass is 16.5. The normalized spacial score (nSPS) is 24.7. The van der Waals surface area contributed by atoms with Gasteiger partial charge in [-0.15, -0.1) is 0 Å². The maximum absolute atomic E-state index is 13.9. The van der Waals surface area contributed by atoms with E-state index in [1.54, 1.807) is 18.1 Å². The number of nitriles is 1. The summed E-state index contributed by atoms with van der Waals surface area (Å²) in [5, 5.41) is 16.6. The Kier molecular flexibility index (Phi) is 7.32. The topological polar surface area (TPSA) is 127 Å². The molecule has 3 amide bonds. The number of likely N-dealkylation sites (tertiary alicyclic amines) is 1. The fourth-order valence-corrected chi connectivity index (χ4v) is 6.83. The Bertz CT molecular complexity index is 1300. The zero-order chi connectivity index (χ0) is 27.8. The van der Waals surface area contributed by atoms with E-state index in [-0.39, 0.29) is 41.0 Å². The second kappa shape index (κ2) is 10.6. The highest BCUT2D eigenvalue weighted by molar-refractivity contribution is 6.02. The minimum Gasteiger partial charge on any atom is -0.496 e. The SMILES string of the molecule is COc1cccc2[nH]c(C(=O)N3CC4(CCCCC4)CC3C(=O)N[C@H](C#N)C[C@@H]3CCC(C)(C)NC3=O)cc12. The van der Waals surface area contributed by atoms with Gasteiger partial charge in [0, 0.05) is 28.9 Å². The van der Waals surface area contributed by atoms with Gasteiger partial charge in [0.25, 0.3) is 5.91 Å². The Morgan fingerprint density at radius 3 is 2.69 bits per heavy atom. The predicted molar refractivity (Wildman–Crippen MR) is 147 cm³/mol. The molecule has 39 heavy (non-hydrogen) atoms. The number of nitrogens with zero attached hydrogens (tertiary/aromatic N) is 2. The average Bonchev–Trinajstić information content (AvgIpc) is 3.51. The minimum absolute atomic E-state index is 0.0752. The molecule has 3 aliphatic rings. The average molecular weight is 534 g/mol. The molecule has 3 atom stereocenters. The third-order valence-electron chi connectivity index (χ3n) is 9.00. The van der Waals surface area contributed by atoms with E-state index in [2.05, 4.69) is 21.7 Å². The maximum atomic E-state index is 13.9. The van der Waals surface area contributed by atoms with Crippen LogP contribution >= 0.6 is 0 Å². The van der Waals surface area contributed by atoms with Crippen molar-refractivity contribution in [3.8, 4) is 11.8 Å². The minimum atomic E-state index is -0.799. The zero-order valence-corrected chi connectivity index (χ0v) is 23.1. The van der Waals surface area contributed by atoms with Gasteiger partial charge >= 0.3 is 0 Å². The van der Waals surface area contributed by atoms with Crippen molar-refractivity contribution in [3.63, 3.8) is 0 Å². The summed E-state index contributed by atoms with van der Waals surface area (Å²) in [5.41, 5.74) is 0.864. The summed E-state index contributed by atoms with van der Waals surface area (Å²) in [6.45, 7) is 4.50. The van der Waals surface area contributed by atoms with E-state index >= 15 is 0 Å². The molecule has 9 heteroatoms. The van der Waals surface area contributed by atoms with Gasteiger partial charge in [-0.05, 0) is 76.0 Å². The van der Waals surface area contributed by atoms with Crippen molar-refractivity contribution in [2.75, 3.05) is 13.7 Å². The van der Waals surface area contributed by atoms with Gasteiger partial charge in [-0.25, -0.2) is 0 Å². The molecular formula is C30H39N5O4. The van der Waals surface area contributed by atoms with Crippen molar-refractivity contribution in [2.24, 2.45) is 11.3 Å². The van der Waals surface area contributed by atoms with Crippen LogP contribution in [0.25, 0.3) is 10.9 Å². The molecule has 9 nitrogen and oxygen atoms in total. The molecule has 0 bridgehead atoms. The molecule has 1 aromatic carbocycles. The van der Waals surface area contributed by atoms with Crippen LogP contribution in [0.3, 0.4) is 0 Å². The number of nitrogens with one attached hydrogen (secondary N) is 3. The first-order chi connectivity index (χ1) is 18.6. The highest BCUT2D eigenvalue weighted by Crippen LogP contribution is 2.47. The standard InChI is InChI=1S/C30H39N5O4/c1-29(2)13-10-19(26(36)34-29)14-20(17-31)32-27(37)24-16-30(11-5-4-6-12-30)18-35(24)28(38)23-15-21-22(33-23)8-7-9-25(21)39-3/h7-9,15,19-20,24,33H,4-6,10-14,16,18H2,1-3H3,(H,32,37)(H,34,36)/t19-,20-,24?/m0/s1. The van der Waals surface area contributed by atoms with E-state index in [0.717, 1.165) is 43.0 Å². The number of methoxy groups -OCH3 is 1. The van der Waals surface area contributed by atoms with Gasteiger partial charge in [0.15, 0.2) is 0 Å². The van der Waals surface area contributed by atoms with Crippen molar-refractivity contribution in [1.29, 1.82) is 5.26 Å². The monoisotopic (exact) mass is 533 g/mol.